The number of rotatable bonds is 3. The van der Waals surface area contributed by atoms with Crippen LogP contribution in [-0.2, 0) is 10.0 Å². The molecule has 114 valence electrons. The lowest BCUT2D eigenvalue weighted by molar-refractivity contribution is 0.0823. The first-order valence-corrected chi connectivity index (χ1v) is 6.93. The SMILES string of the molecule is CN(C)C(=O)c1cccnc1S(=O)(=O)NC(=O)NC(N)=O. The molecule has 4 N–H and O–H groups in total. The zero-order valence-corrected chi connectivity index (χ0v) is 12.0. The zero-order valence-electron chi connectivity index (χ0n) is 11.2. The Kier molecular flexibility index (Phi) is 4.81. The smallest absolute Gasteiger partial charge is 0.336 e. The Morgan fingerprint density at radius 1 is 1.29 bits per heavy atom. The van der Waals surface area contributed by atoms with E-state index < -0.39 is 33.0 Å². The first-order valence-electron chi connectivity index (χ1n) is 5.45. The summed E-state index contributed by atoms with van der Waals surface area (Å²) in [6.45, 7) is 0. The minimum atomic E-state index is -4.44. The zero-order chi connectivity index (χ0) is 16.2. The van der Waals surface area contributed by atoms with Gasteiger partial charge in [0.1, 0.15) is 0 Å². The van der Waals surface area contributed by atoms with Gasteiger partial charge in [-0.1, -0.05) is 0 Å². The molecular formula is C10H13N5O5S. The summed E-state index contributed by atoms with van der Waals surface area (Å²) < 4.78 is 25.6. The van der Waals surface area contributed by atoms with Gasteiger partial charge in [-0.25, -0.2) is 19.3 Å². The summed E-state index contributed by atoms with van der Waals surface area (Å²) >= 11 is 0. The van der Waals surface area contributed by atoms with Gasteiger partial charge in [0.2, 0.25) is 0 Å². The monoisotopic (exact) mass is 315 g/mol. The van der Waals surface area contributed by atoms with Gasteiger partial charge in [-0.05, 0) is 12.1 Å². The molecule has 0 fully saturated rings. The van der Waals surface area contributed by atoms with Gasteiger partial charge in [0, 0.05) is 20.3 Å². The number of nitrogens with zero attached hydrogens (tertiary/aromatic N) is 2. The lowest BCUT2D eigenvalue weighted by Gasteiger charge is -2.13. The number of aromatic nitrogens is 1. The van der Waals surface area contributed by atoms with E-state index >= 15 is 0 Å². The van der Waals surface area contributed by atoms with E-state index in [0.717, 1.165) is 11.1 Å². The molecule has 1 aromatic rings. The van der Waals surface area contributed by atoms with E-state index in [1.54, 1.807) is 0 Å². The Morgan fingerprint density at radius 3 is 2.43 bits per heavy atom. The van der Waals surface area contributed by atoms with Crippen LogP contribution in [0.1, 0.15) is 10.4 Å². The maximum Gasteiger partial charge on any atom is 0.336 e. The van der Waals surface area contributed by atoms with E-state index in [0.29, 0.717) is 0 Å². The highest BCUT2D eigenvalue weighted by molar-refractivity contribution is 7.90. The van der Waals surface area contributed by atoms with E-state index in [1.807, 2.05) is 0 Å². The van der Waals surface area contributed by atoms with Crippen molar-refractivity contribution in [1.82, 2.24) is 19.9 Å². The summed E-state index contributed by atoms with van der Waals surface area (Å²) in [6, 6.07) is 0.0412. The molecule has 0 aliphatic heterocycles. The minimum absolute atomic E-state index is 0.220. The number of imide groups is 1. The Balaban J connectivity index is 3.18. The topological polar surface area (TPSA) is 152 Å². The lowest BCUT2D eigenvalue weighted by Crippen LogP contribution is -2.45. The van der Waals surface area contributed by atoms with Gasteiger partial charge >= 0.3 is 12.1 Å². The molecule has 0 unspecified atom stereocenters. The van der Waals surface area contributed by atoms with Gasteiger partial charge in [0.05, 0.1) is 5.56 Å². The Hall–Kier alpha value is -2.69. The van der Waals surface area contributed by atoms with Crippen molar-refractivity contribution in [2.45, 2.75) is 5.03 Å². The van der Waals surface area contributed by atoms with Crippen LogP contribution in [0.25, 0.3) is 0 Å². The van der Waals surface area contributed by atoms with Gasteiger partial charge in [-0.15, -0.1) is 0 Å². The van der Waals surface area contributed by atoms with Gasteiger partial charge in [0.25, 0.3) is 15.9 Å². The molecule has 0 aliphatic carbocycles. The highest BCUT2D eigenvalue weighted by Gasteiger charge is 2.26. The van der Waals surface area contributed by atoms with Gasteiger partial charge < -0.3 is 10.6 Å². The number of hydrogen-bond donors (Lipinski definition) is 3. The second-order valence-electron chi connectivity index (χ2n) is 3.98. The van der Waals surface area contributed by atoms with Crippen molar-refractivity contribution in [3.63, 3.8) is 0 Å². The molecule has 11 heteroatoms. The van der Waals surface area contributed by atoms with Crippen LogP contribution in [0.4, 0.5) is 9.59 Å². The average molecular weight is 315 g/mol. The van der Waals surface area contributed by atoms with Crippen LogP contribution in [0.2, 0.25) is 0 Å². The first kappa shape index (κ1) is 16.4. The quantitative estimate of drug-likeness (QED) is 0.640. The van der Waals surface area contributed by atoms with Crippen molar-refractivity contribution in [2.75, 3.05) is 14.1 Å². The number of amides is 5. The average Bonchev–Trinajstić information content (AvgIpc) is 2.36. The number of primary amides is 1. The number of pyridine rings is 1. The molecule has 1 heterocycles. The highest BCUT2D eigenvalue weighted by atomic mass is 32.2. The molecule has 21 heavy (non-hydrogen) atoms. The first-order chi connectivity index (χ1) is 9.65. The summed E-state index contributed by atoms with van der Waals surface area (Å²) in [5, 5.41) is 0.891. The molecule has 0 atom stereocenters. The van der Waals surface area contributed by atoms with Crippen molar-refractivity contribution >= 4 is 28.0 Å². The molecule has 0 aliphatic rings. The molecule has 5 amide bonds. The number of carbonyl (C=O) groups is 3. The summed E-state index contributed by atoms with van der Waals surface area (Å²) in [5.74, 6) is -0.612. The molecule has 1 rings (SSSR count). The second-order valence-corrected chi connectivity index (χ2v) is 5.58. The third-order valence-corrected chi connectivity index (χ3v) is 3.41. The Labute approximate surface area is 120 Å². The second kappa shape index (κ2) is 6.17. The third-order valence-electron chi connectivity index (χ3n) is 2.13. The van der Waals surface area contributed by atoms with Crippen LogP contribution in [0, 0.1) is 0 Å². The number of nitrogens with one attached hydrogen (secondary N) is 2. The predicted molar refractivity (Wildman–Crippen MR) is 70.7 cm³/mol. The molecule has 0 spiro atoms. The van der Waals surface area contributed by atoms with E-state index in [4.69, 9.17) is 0 Å². The number of urea groups is 2. The molecule has 0 radical (unpaired) electrons. The van der Waals surface area contributed by atoms with Crippen LogP contribution >= 0.6 is 0 Å². The fourth-order valence-corrected chi connectivity index (χ4v) is 2.35. The number of nitrogens with two attached hydrogens (primary N) is 1. The van der Waals surface area contributed by atoms with Crippen LogP contribution in [0.3, 0.4) is 0 Å². The van der Waals surface area contributed by atoms with Gasteiger partial charge in [0.15, 0.2) is 5.03 Å². The van der Waals surface area contributed by atoms with Crippen molar-refractivity contribution in [1.29, 1.82) is 0 Å². The third kappa shape index (κ3) is 4.14. The summed E-state index contributed by atoms with van der Waals surface area (Å²) in [6.07, 6.45) is 1.15. The van der Waals surface area contributed by atoms with E-state index in [2.05, 4.69) is 10.7 Å². The minimum Gasteiger partial charge on any atom is -0.351 e. The van der Waals surface area contributed by atoms with Crippen molar-refractivity contribution in [3.8, 4) is 0 Å². The molecule has 0 bridgehead atoms. The normalized spacial score (nSPS) is 10.6. The Morgan fingerprint density at radius 2 is 1.90 bits per heavy atom. The standard InChI is InChI=1S/C10H13N5O5S/c1-15(2)8(16)6-4-3-5-12-7(6)21(19,20)14-10(18)13-9(11)17/h3-5H,1-2H3,(H4,11,13,14,17,18). The van der Waals surface area contributed by atoms with Crippen molar-refractivity contribution < 1.29 is 22.8 Å². The molecule has 0 aromatic carbocycles. The molecule has 0 saturated heterocycles. The molecule has 1 aromatic heterocycles. The van der Waals surface area contributed by atoms with Crippen molar-refractivity contribution in [3.05, 3.63) is 23.9 Å². The van der Waals surface area contributed by atoms with Crippen LogP contribution in [0.5, 0.6) is 0 Å². The summed E-state index contributed by atoms with van der Waals surface area (Å²) in [4.78, 5) is 38.3. The van der Waals surface area contributed by atoms with E-state index in [9.17, 15) is 22.8 Å². The maximum atomic E-state index is 12.0. The predicted octanol–water partition coefficient (Wildman–Crippen LogP) is -1.15. The fourth-order valence-electron chi connectivity index (χ4n) is 1.32. The van der Waals surface area contributed by atoms with Gasteiger partial charge in [-0.2, -0.15) is 8.42 Å². The maximum absolute atomic E-state index is 12.0. The fraction of sp³-hybridized carbons (Fsp3) is 0.200. The molecule has 10 nitrogen and oxygen atoms in total. The van der Waals surface area contributed by atoms with Crippen molar-refractivity contribution in [2.24, 2.45) is 5.73 Å². The van der Waals surface area contributed by atoms with Crippen LogP contribution < -0.4 is 15.8 Å². The van der Waals surface area contributed by atoms with E-state index in [-0.39, 0.29) is 5.56 Å². The number of sulfonamides is 1. The summed E-state index contributed by atoms with van der Waals surface area (Å²) in [5.41, 5.74) is 4.47. The largest absolute Gasteiger partial charge is 0.351 e. The number of carbonyl (C=O) groups excluding carboxylic acids is 3. The van der Waals surface area contributed by atoms with Crippen LogP contribution in [0.15, 0.2) is 23.4 Å². The highest BCUT2D eigenvalue weighted by Crippen LogP contribution is 2.13. The van der Waals surface area contributed by atoms with Crippen LogP contribution in [-0.4, -0.2) is 50.4 Å². The van der Waals surface area contributed by atoms with E-state index in [1.165, 1.54) is 36.3 Å². The molecule has 0 saturated carbocycles. The number of hydrogen-bond acceptors (Lipinski definition) is 6. The Bertz CT molecular complexity index is 685. The lowest BCUT2D eigenvalue weighted by atomic mass is 10.2. The molecular weight excluding hydrogens is 302 g/mol. The summed E-state index contributed by atoms with van der Waals surface area (Å²) in [7, 11) is -1.58. The van der Waals surface area contributed by atoms with Gasteiger partial charge in [-0.3, -0.25) is 10.1 Å².